The van der Waals surface area contributed by atoms with E-state index >= 15 is 0 Å². The molecule has 0 atom stereocenters. The predicted octanol–water partition coefficient (Wildman–Crippen LogP) is 3.60. The van der Waals surface area contributed by atoms with Gasteiger partial charge in [-0.25, -0.2) is 0 Å². The zero-order valence-corrected chi connectivity index (χ0v) is 10.5. The van der Waals surface area contributed by atoms with Gasteiger partial charge in [0.25, 0.3) is 0 Å². The van der Waals surface area contributed by atoms with Crippen molar-refractivity contribution < 1.29 is 0 Å². The molecule has 0 spiro atoms. The summed E-state index contributed by atoms with van der Waals surface area (Å²) < 4.78 is 0. The first-order valence-electron chi connectivity index (χ1n) is 4.68. The van der Waals surface area contributed by atoms with Crippen LogP contribution in [0.4, 0.5) is 11.4 Å². The minimum absolute atomic E-state index is 0. The van der Waals surface area contributed by atoms with Gasteiger partial charge in [-0.3, -0.25) is 0 Å². The van der Waals surface area contributed by atoms with Crippen molar-refractivity contribution in [3.63, 3.8) is 0 Å². The molecule has 1 aliphatic rings. The molecule has 5 heteroatoms. The van der Waals surface area contributed by atoms with Gasteiger partial charge in [-0.05, 0) is 25.0 Å². The van der Waals surface area contributed by atoms with Gasteiger partial charge in [0.15, 0.2) is 0 Å². The third kappa shape index (κ3) is 2.63. The minimum Gasteiger partial charge on any atom is -0.399 e. The smallest absolute Gasteiger partial charge is 0.0746 e. The van der Waals surface area contributed by atoms with Gasteiger partial charge in [-0.15, -0.1) is 12.4 Å². The molecular weight excluding hydrogens is 254 g/mol. The normalized spacial score (nSPS) is 15.2. The van der Waals surface area contributed by atoms with Crippen molar-refractivity contribution in [2.24, 2.45) is 0 Å². The van der Waals surface area contributed by atoms with Gasteiger partial charge in [0.05, 0.1) is 15.7 Å². The van der Waals surface area contributed by atoms with Crippen molar-refractivity contribution in [3.8, 4) is 0 Å². The van der Waals surface area contributed by atoms with Crippen LogP contribution in [-0.2, 0) is 0 Å². The van der Waals surface area contributed by atoms with Crippen molar-refractivity contribution in [2.75, 3.05) is 23.7 Å². The highest BCUT2D eigenvalue weighted by Gasteiger charge is 2.18. The zero-order chi connectivity index (χ0) is 10.1. The lowest BCUT2D eigenvalue weighted by molar-refractivity contribution is 0.949. The molecule has 0 amide bonds. The molecule has 2 nitrogen and oxygen atoms in total. The van der Waals surface area contributed by atoms with E-state index in [1.165, 1.54) is 12.8 Å². The topological polar surface area (TPSA) is 29.3 Å². The third-order valence-corrected chi connectivity index (χ3v) is 3.04. The van der Waals surface area contributed by atoms with E-state index in [0.717, 1.165) is 18.8 Å². The van der Waals surface area contributed by atoms with Gasteiger partial charge in [0, 0.05) is 18.8 Å². The van der Waals surface area contributed by atoms with Gasteiger partial charge in [0.2, 0.25) is 0 Å². The molecule has 1 fully saturated rings. The fourth-order valence-electron chi connectivity index (χ4n) is 1.83. The molecule has 2 N–H and O–H groups in total. The average Bonchev–Trinajstić information content (AvgIpc) is 2.54. The second kappa shape index (κ2) is 5.15. The molecule has 84 valence electrons. The number of benzene rings is 1. The number of hydrogen-bond donors (Lipinski definition) is 1. The second-order valence-corrected chi connectivity index (χ2v) is 4.34. The number of nitrogens with zero attached hydrogens (tertiary/aromatic N) is 1. The molecule has 0 aliphatic carbocycles. The minimum atomic E-state index is 0. The first-order chi connectivity index (χ1) is 6.68. The second-order valence-electron chi connectivity index (χ2n) is 3.53. The number of hydrogen-bond acceptors (Lipinski definition) is 2. The Hall–Kier alpha value is -0.310. The van der Waals surface area contributed by atoms with E-state index in [4.69, 9.17) is 28.9 Å². The van der Waals surface area contributed by atoms with Crippen LogP contribution in [0.15, 0.2) is 12.1 Å². The van der Waals surface area contributed by atoms with Crippen LogP contribution in [-0.4, -0.2) is 13.1 Å². The summed E-state index contributed by atoms with van der Waals surface area (Å²) in [5.41, 5.74) is 7.18. The van der Waals surface area contributed by atoms with E-state index in [0.29, 0.717) is 15.7 Å². The predicted molar refractivity (Wildman–Crippen MR) is 69.6 cm³/mol. The highest BCUT2D eigenvalue weighted by atomic mass is 35.5. The van der Waals surface area contributed by atoms with Crippen LogP contribution in [0.1, 0.15) is 12.8 Å². The first kappa shape index (κ1) is 12.8. The molecule has 1 heterocycles. The maximum Gasteiger partial charge on any atom is 0.0746 e. The fourth-order valence-corrected chi connectivity index (χ4v) is 2.57. The molecule has 1 aromatic rings. The van der Waals surface area contributed by atoms with E-state index < -0.39 is 0 Å². The maximum absolute atomic E-state index is 6.11. The summed E-state index contributed by atoms with van der Waals surface area (Å²) in [5, 5.41) is 1.30. The first-order valence-corrected chi connectivity index (χ1v) is 5.43. The Morgan fingerprint density at radius 1 is 1.07 bits per heavy atom. The maximum atomic E-state index is 6.11. The summed E-state index contributed by atoms with van der Waals surface area (Å²) in [6.45, 7) is 2.06. The largest absolute Gasteiger partial charge is 0.399 e. The average molecular weight is 268 g/mol. The lowest BCUT2D eigenvalue weighted by atomic mass is 10.2. The van der Waals surface area contributed by atoms with E-state index in [1.54, 1.807) is 12.1 Å². The van der Waals surface area contributed by atoms with E-state index in [2.05, 4.69) is 4.90 Å². The van der Waals surface area contributed by atoms with Crippen molar-refractivity contribution in [1.29, 1.82) is 0 Å². The van der Waals surface area contributed by atoms with Crippen molar-refractivity contribution >= 4 is 47.0 Å². The van der Waals surface area contributed by atoms with E-state index in [9.17, 15) is 0 Å². The number of rotatable bonds is 1. The van der Waals surface area contributed by atoms with Crippen LogP contribution in [0, 0.1) is 0 Å². The van der Waals surface area contributed by atoms with Gasteiger partial charge in [-0.1, -0.05) is 23.2 Å². The number of nitrogen functional groups attached to an aromatic ring is 1. The van der Waals surface area contributed by atoms with Crippen molar-refractivity contribution in [2.45, 2.75) is 12.8 Å². The molecule has 2 rings (SSSR count). The third-order valence-electron chi connectivity index (χ3n) is 2.46. The highest BCUT2D eigenvalue weighted by molar-refractivity contribution is 6.39. The Bertz CT molecular complexity index is 326. The molecule has 15 heavy (non-hydrogen) atoms. The van der Waals surface area contributed by atoms with Crippen molar-refractivity contribution in [3.05, 3.63) is 22.2 Å². The van der Waals surface area contributed by atoms with Gasteiger partial charge in [-0.2, -0.15) is 0 Å². The Morgan fingerprint density at radius 2 is 1.53 bits per heavy atom. The van der Waals surface area contributed by atoms with Crippen LogP contribution < -0.4 is 10.6 Å². The quantitative estimate of drug-likeness (QED) is 0.788. The lowest BCUT2D eigenvalue weighted by Crippen LogP contribution is -2.18. The summed E-state index contributed by atoms with van der Waals surface area (Å²) in [6.07, 6.45) is 2.41. The number of halogens is 3. The number of nitrogens with two attached hydrogens (primary N) is 1. The Kier molecular flexibility index (Phi) is 4.38. The molecule has 1 saturated heterocycles. The Labute approximate surface area is 106 Å². The SMILES string of the molecule is Cl.Nc1cc(Cl)c(N2CCCC2)c(Cl)c1. The summed E-state index contributed by atoms with van der Waals surface area (Å²) in [6, 6.07) is 3.50. The van der Waals surface area contributed by atoms with Gasteiger partial charge >= 0.3 is 0 Å². The van der Waals surface area contributed by atoms with Gasteiger partial charge in [0.1, 0.15) is 0 Å². The van der Waals surface area contributed by atoms with Gasteiger partial charge < -0.3 is 10.6 Å². The molecule has 0 saturated carbocycles. The van der Waals surface area contributed by atoms with Crippen molar-refractivity contribution in [1.82, 2.24) is 0 Å². The molecule has 0 bridgehead atoms. The van der Waals surface area contributed by atoms with Crippen LogP contribution in [0.2, 0.25) is 10.0 Å². The lowest BCUT2D eigenvalue weighted by Gasteiger charge is -2.20. The fraction of sp³-hybridized carbons (Fsp3) is 0.400. The molecule has 0 unspecified atom stereocenters. The Balaban J connectivity index is 0.00000112. The standard InChI is InChI=1S/C10H12Cl2N2.ClH/c11-8-5-7(13)6-9(12)10(8)14-3-1-2-4-14;/h5-6H,1-4,13H2;1H. The Morgan fingerprint density at radius 3 is 2.00 bits per heavy atom. The number of anilines is 2. The molecule has 0 radical (unpaired) electrons. The van der Waals surface area contributed by atoms with Crippen LogP contribution >= 0.6 is 35.6 Å². The van der Waals surface area contributed by atoms with E-state index in [-0.39, 0.29) is 12.4 Å². The summed E-state index contributed by atoms with van der Waals surface area (Å²) in [7, 11) is 0. The monoisotopic (exact) mass is 266 g/mol. The summed E-state index contributed by atoms with van der Waals surface area (Å²) in [5.74, 6) is 0. The molecular formula is C10H13Cl3N2. The summed E-state index contributed by atoms with van der Waals surface area (Å²) >= 11 is 12.2. The van der Waals surface area contributed by atoms with Crippen LogP contribution in [0.5, 0.6) is 0 Å². The summed E-state index contributed by atoms with van der Waals surface area (Å²) in [4.78, 5) is 2.21. The molecule has 0 aromatic heterocycles. The van der Waals surface area contributed by atoms with Crippen LogP contribution in [0.3, 0.4) is 0 Å². The highest BCUT2D eigenvalue weighted by Crippen LogP contribution is 2.37. The zero-order valence-electron chi connectivity index (χ0n) is 8.17. The van der Waals surface area contributed by atoms with Crippen LogP contribution in [0.25, 0.3) is 0 Å². The molecule has 1 aliphatic heterocycles. The van der Waals surface area contributed by atoms with E-state index in [1.807, 2.05) is 0 Å². The molecule has 1 aromatic carbocycles.